The van der Waals surface area contributed by atoms with E-state index in [0.29, 0.717) is 18.6 Å². The van der Waals surface area contributed by atoms with Gasteiger partial charge < -0.3 is 5.32 Å². The molecule has 2 aliphatic rings. The largest absolute Gasteiger partial charge is 0.369 e. The van der Waals surface area contributed by atoms with Crippen LogP contribution in [0.1, 0.15) is 48.8 Å². The number of pyridine rings is 1. The number of allylic oxidation sites excluding steroid dienone is 1. The van der Waals surface area contributed by atoms with E-state index in [1.165, 1.54) is 16.7 Å². The fourth-order valence-corrected chi connectivity index (χ4v) is 4.12. The Morgan fingerprint density at radius 2 is 1.84 bits per heavy atom. The SMILES string of the molecule is O=C1CCC(CNc2nccc3c2C=CCC3)(c2ccccc2)CC1. The molecule has 0 unspecified atom stereocenters. The Hall–Kier alpha value is -2.42. The van der Waals surface area contributed by atoms with Crippen LogP contribution in [0.15, 0.2) is 48.7 Å². The van der Waals surface area contributed by atoms with Crippen LogP contribution in [0.2, 0.25) is 0 Å². The highest BCUT2D eigenvalue weighted by atomic mass is 16.1. The Balaban J connectivity index is 1.61. The second-order valence-electron chi connectivity index (χ2n) is 7.21. The highest BCUT2D eigenvalue weighted by Crippen LogP contribution is 2.39. The van der Waals surface area contributed by atoms with Crippen molar-refractivity contribution in [1.29, 1.82) is 0 Å². The first-order chi connectivity index (χ1) is 12.3. The fourth-order valence-electron chi connectivity index (χ4n) is 4.12. The summed E-state index contributed by atoms with van der Waals surface area (Å²) < 4.78 is 0. The predicted molar refractivity (Wildman–Crippen MR) is 102 cm³/mol. The average Bonchev–Trinajstić information content (AvgIpc) is 2.68. The van der Waals surface area contributed by atoms with Gasteiger partial charge in [0, 0.05) is 36.6 Å². The highest BCUT2D eigenvalue weighted by Gasteiger charge is 2.36. The van der Waals surface area contributed by atoms with Gasteiger partial charge >= 0.3 is 0 Å². The molecule has 25 heavy (non-hydrogen) atoms. The van der Waals surface area contributed by atoms with E-state index < -0.39 is 0 Å². The van der Waals surface area contributed by atoms with Gasteiger partial charge in [0.2, 0.25) is 0 Å². The molecule has 1 saturated carbocycles. The molecule has 2 aromatic rings. The molecule has 0 bridgehead atoms. The van der Waals surface area contributed by atoms with Crippen LogP contribution < -0.4 is 5.32 Å². The summed E-state index contributed by atoms with van der Waals surface area (Å²) in [5, 5.41) is 3.62. The van der Waals surface area contributed by atoms with Crippen LogP contribution in [-0.4, -0.2) is 17.3 Å². The first-order valence-corrected chi connectivity index (χ1v) is 9.22. The van der Waals surface area contributed by atoms with Crippen LogP contribution in [0.4, 0.5) is 5.82 Å². The van der Waals surface area contributed by atoms with Crippen molar-refractivity contribution >= 4 is 17.7 Å². The number of benzene rings is 1. The highest BCUT2D eigenvalue weighted by molar-refractivity contribution is 5.79. The maximum atomic E-state index is 11.8. The fraction of sp³-hybridized carbons (Fsp3) is 0.364. The van der Waals surface area contributed by atoms with Crippen molar-refractivity contribution in [3.05, 3.63) is 65.4 Å². The summed E-state index contributed by atoms with van der Waals surface area (Å²) in [5.41, 5.74) is 3.93. The van der Waals surface area contributed by atoms with E-state index in [2.05, 4.69) is 58.9 Å². The minimum absolute atomic E-state index is 0.0119. The molecular formula is C22H24N2O. The molecule has 1 aromatic carbocycles. The monoisotopic (exact) mass is 332 g/mol. The van der Waals surface area contributed by atoms with E-state index in [0.717, 1.165) is 38.0 Å². The number of carbonyl (C=O) groups excluding carboxylic acids is 1. The number of nitrogens with zero attached hydrogens (tertiary/aromatic N) is 1. The van der Waals surface area contributed by atoms with Crippen LogP contribution in [0.3, 0.4) is 0 Å². The molecule has 1 heterocycles. The summed E-state index contributed by atoms with van der Waals surface area (Å²) in [5.74, 6) is 1.37. The molecule has 0 amide bonds. The average molecular weight is 332 g/mol. The molecule has 3 heteroatoms. The lowest BCUT2D eigenvalue weighted by Crippen LogP contribution is -2.38. The Bertz CT molecular complexity index is 785. The normalized spacial score (nSPS) is 18.6. The van der Waals surface area contributed by atoms with E-state index in [-0.39, 0.29) is 5.41 Å². The van der Waals surface area contributed by atoms with Crippen molar-refractivity contribution in [2.45, 2.75) is 43.9 Å². The molecule has 0 saturated heterocycles. The molecule has 0 aliphatic heterocycles. The predicted octanol–water partition coefficient (Wildman–Crippen LogP) is 4.53. The lowest BCUT2D eigenvalue weighted by atomic mass is 9.69. The molecular weight excluding hydrogens is 308 g/mol. The topological polar surface area (TPSA) is 42.0 Å². The van der Waals surface area contributed by atoms with Crippen molar-refractivity contribution < 1.29 is 4.79 Å². The summed E-state index contributed by atoms with van der Waals surface area (Å²) in [6.45, 7) is 0.821. The zero-order chi connectivity index (χ0) is 17.1. The molecule has 2 aliphatic carbocycles. The van der Waals surface area contributed by atoms with Gasteiger partial charge in [0.05, 0.1) is 0 Å². The number of fused-ring (bicyclic) bond motifs is 1. The van der Waals surface area contributed by atoms with Crippen LogP contribution in [0, 0.1) is 0 Å². The van der Waals surface area contributed by atoms with Crippen LogP contribution in [0.5, 0.6) is 0 Å². The molecule has 4 rings (SSSR count). The van der Waals surface area contributed by atoms with E-state index in [4.69, 9.17) is 0 Å². The van der Waals surface area contributed by atoms with Gasteiger partial charge in [-0.05, 0) is 42.9 Å². The standard InChI is InChI=1S/C22H24N2O/c25-19-10-13-22(14-11-19,18-7-2-1-3-8-18)16-24-21-20-9-5-4-6-17(20)12-15-23-21/h1-3,5,7-9,12,15H,4,6,10-11,13-14,16H2,(H,23,24). The minimum atomic E-state index is 0.0119. The zero-order valence-corrected chi connectivity index (χ0v) is 14.5. The quantitative estimate of drug-likeness (QED) is 0.894. The van der Waals surface area contributed by atoms with Gasteiger partial charge in [-0.3, -0.25) is 4.79 Å². The molecule has 0 spiro atoms. The van der Waals surface area contributed by atoms with Gasteiger partial charge in [-0.25, -0.2) is 4.98 Å². The number of rotatable bonds is 4. The smallest absolute Gasteiger partial charge is 0.133 e. The number of aryl methyl sites for hydroxylation is 1. The van der Waals surface area contributed by atoms with E-state index in [1.54, 1.807) is 0 Å². The lowest BCUT2D eigenvalue weighted by Gasteiger charge is -2.38. The molecule has 0 radical (unpaired) electrons. The molecule has 1 aromatic heterocycles. The molecule has 1 fully saturated rings. The number of aromatic nitrogens is 1. The van der Waals surface area contributed by atoms with Crippen LogP contribution in [-0.2, 0) is 16.6 Å². The van der Waals surface area contributed by atoms with Gasteiger partial charge in [0.15, 0.2) is 0 Å². The van der Waals surface area contributed by atoms with Crippen molar-refractivity contribution in [2.24, 2.45) is 0 Å². The summed E-state index contributed by atoms with van der Waals surface area (Å²) in [7, 11) is 0. The zero-order valence-electron chi connectivity index (χ0n) is 14.5. The van der Waals surface area contributed by atoms with Gasteiger partial charge in [0.25, 0.3) is 0 Å². The summed E-state index contributed by atoms with van der Waals surface area (Å²) in [4.78, 5) is 16.4. The summed E-state index contributed by atoms with van der Waals surface area (Å²) in [6, 6.07) is 12.8. The van der Waals surface area contributed by atoms with Crippen molar-refractivity contribution in [3.63, 3.8) is 0 Å². The second kappa shape index (κ2) is 6.83. The van der Waals surface area contributed by atoms with Crippen molar-refractivity contribution in [2.75, 3.05) is 11.9 Å². The Morgan fingerprint density at radius 1 is 1.04 bits per heavy atom. The number of hydrogen-bond donors (Lipinski definition) is 1. The van der Waals surface area contributed by atoms with E-state index >= 15 is 0 Å². The third-order valence-corrected chi connectivity index (χ3v) is 5.69. The minimum Gasteiger partial charge on any atom is -0.369 e. The number of nitrogens with one attached hydrogen (secondary N) is 1. The third-order valence-electron chi connectivity index (χ3n) is 5.69. The Kier molecular flexibility index (Phi) is 4.39. The Morgan fingerprint density at radius 3 is 2.64 bits per heavy atom. The van der Waals surface area contributed by atoms with Gasteiger partial charge in [-0.1, -0.05) is 42.5 Å². The molecule has 0 atom stereocenters. The first-order valence-electron chi connectivity index (χ1n) is 9.22. The van der Waals surface area contributed by atoms with Gasteiger partial charge in [0.1, 0.15) is 11.6 Å². The molecule has 1 N–H and O–H groups in total. The maximum Gasteiger partial charge on any atom is 0.133 e. The lowest BCUT2D eigenvalue weighted by molar-refractivity contribution is -0.121. The van der Waals surface area contributed by atoms with Crippen LogP contribution in [0.25, 0.3) is 6.08 Å². The molecule has 3 nitrogen and oxygen atoms in total. The van der Waals surface area contributed by atoms with Crippen LogP contribution >= 0.6 is 0 Å². The van der Waals surface area contributed by atoms with E-state index in [1.807, 2.05) is 6.20 Å². The van der Waals surface area contributed by atoms with Gasteiger partial charge in [-0.2, -0.15) is 0 Å². The second-order valence-corrected chi connectivity index (χ2v) is 7.21. The van der Waals surface area contributed by atoms with Crippen molar-refractivity contribution in [1.82, 2.24) is 4.98 Å². The third kappa shape index (κ3) is 3.23. The Labute approximate surface area is 149 Å². The number of ketones is 1. The first kappa shape index (κ1) is 16.1. The summed E-state index contributed by atoms with van der Waals surface area (Å²) in [6.07, 6.45) is 11.7. The number of Topliss-reactive ketones (excluding diaryl/α,β-unsaturated/α-hetero) is 1. The van der Waals surface area contributed by atoms with Crippen molar-refractivity contribution in [3.8, 4) is 0 Å². The number of anilines is 1. The number of carbonyl (C=O) groups is 1. The molecule has 128 valence electrons. The number of hydrogen-bond acceptors (Lipinski definition) is 3. The summed E-state index contributed by atoms with van der Waals surface area (Å²) >= 11 is 0. The maximum absolute atomic E-state index is 11.8. The van der Waals surface area contributed by atoms with E-state index in [9.17, 15) is 4.79 Å². The van der Waals surface area contributed by atoms with Gasteiger partial charge in [-0.15, -0.1) is 0 Å².